The van der Waals surface area contributed by atoms with Gasteiger partial charge in [-0.15, -0.1) is 0 Å². The zero-order chi connectivity index (χ0) is 8.27. The number of hydrogen-bond acceptors (Lipinski definition) is 2. The van der Waals surface area contributed by atoms with Crippen LogP contribution in [0.4, 0.5) is 0 Å². The van der Waals surface area contributed by atoms with Gasteiger partial charge in [0, 0.05) is 12.6 Å². The molecule has 1 saturated heterocycles. The molecule has 0 spiro atoms. The van der Waals surface area contributed by atoms with Crippen LogP contribution in [0, 0.1) is 5.92 Å². The third-order valence-corrected chi connectivity index (χ3v) is 2.21. The van der Waals surface area contributed by atoms with Crippen molar-refractivity contribution < 1.29 is 4.79 Å². The summed E-state index contributed by atoms with van der Waals surface area (Å²) in [5.41, 5.74) is 5.67. The first-order valence-corrected chi connectivity index (χ1v) is 4.25. The van der Waals surface area contributed by atoms with Crippen molar-refractivity contribution in [3.63, 3.8) is 0 Å². The average Bonchev–Trinajstić information content (AvgIpc) is 2.13. The van der Waals surface area contributed by atoms with Crippen molar-refractivity contribution in [2.45, 2.75) is 32.2 Å². The van der Waals surface area contributed by atoms with Crippen molar-refractivity contribution in [3.05, 3.63) is 0 Å². The van der Waals surface area contributed by atoms with Crippen LogP contribution in [0.25, 0.3) is 0 Å². The molecule has 3 N–H and O–H groups in total. The molecule has 1 aliphatic rings. The molecule has 1 fully saturated rings. The monoisotopic (exact) mass is 156 g/mol. The number of carbonyl (C=O) groups excluding carboxylic acids is 1. The van der Waals surface area contributed by atoms with Gasteiger partial charge in [-0.3, -0.25) is 4.79 Å². The largest absolute Gasteiger partial charge is 0.356 e. The fraction of sp³-hybridized carbons (Fsp3) is 0.875. The fourth-order valence-corrected chi connectivity index (χ4v) is 1.46. The van der Waals surface area contributed by atoms with Crippen LogP contribution in [0.5, 0.6) is 0 Å². The van der Waals surface area contributed by atoms with Gasteiger partial charge in [0.05, 0.1) is 5.92 Å². The Morgan fingerprint density at radius 3 is 3.00 bits per heavy atom. The highest BCUT2D eigenvalue weighted by Gasteiger charge is 2.23. The minimum absolute atomic E-state index is 0.00639. The summed E-state index contributed by atoms with van der Waals surface area (Å²) in [7, 11) is 0. The van der Waals surface area contributed by atoms with E-state index in [1.54, 1.807) is 0 Å². The number of nitrogens with one attached hydrogen (secondary N) is 1. The van der Waals surface area contributed by atoms with E-state index in [1.807, 2.05) is 6.92 Å². The topological polar surface area (TPSA) is 55.1 Å². The molecule has 11 heavy (non-hydrogen) atoms. The molecule has 2 unspecified atom stereocenters. The third kappa shape index (κ3) is 2.19. The predicted molar refractivity (Wildman–Crippen MR) is 44.0 cm³/mol. The lowest BCUT2D eigenvalue weighted by atomic mass is 9.96. The maximum atomic E-state index is 11.3. The van der Waals surface area contributed by atoms with Gasteiger partial charge in [-0.25, -0.2) is 0 Å². The standard InChI is InChI=1S/C8H16N2O/c1-6(9)7-4-2-3-5-10-8(7)11/h6-7H,2-5,9H2,1H3,(H,10,11). The first-order valence-electron chi connectivity index (χ1n) is 4.25. The van der Waals surface area contributed by atoms with Gasteiger partial charge in [-0.2, -0.15) is 0 Å². The molecule has 1 heterocycles. The second-order valence-electron chi connectivity index (χ2n) is 3.25. The number of hydrogen-bond donors (Lipinski definition) is 2. The molecule has 64 valence electrons. The van der Waals surface area contributed by atoms with E-state index in [0.717, 1.165) is 25.8 Å². The minimum Gasteiger partial charge on any atom is -0.356 e. The van der Waals surface area contributed by atoms with Gasteiger partial charge in [-0.1, -0.05) is 6.42 Å². The summed E-state index contributed by atoms with van der Waals surface area (Å²) in [5.74, 6) is 0.176. The predicted octanol–water partition coefficient (Wildman–Crippen LogP) is 0.250. The Labute approximate surface area is 67.3 Å². The molecular formula is C8H16N2O. The third-order valence-electron chi connectivity index (χ3n) is 2.21. The highest BCUT2D eigenvalue weighted by atomic mass is 16.1. The van der Waals surface area contributed by atoms with Crippen LogP contribution in [0.1, 0.15) is 26.2 Å². The van der Waals surface area contributed by atoms with Crippen molar-refractivity contribution >= 4 is 5.91 Å². The van der Waals surface area contributed by atoms with Crippen molar-refractivity contribution in [1.82, 2.24) is 5.32 Å². The molecule has 0 aromatic heterocycles. The van der Waals surface area contributed by atoms with Crippen LogP contribution < -0.4 is 11.1 Å². The lowest BCUT2D eigenvalue weighted by Crippen LogP contribution is -2.38. The van der Waals surface area contributed by atoms with Gasteiger partial charge in [0.1, 0.15) is 0 Å². The first kappa shape index (κ1) is 8.53. The highest BCUT2D eigenvalue weighted by Crippen LogP contribution is 2.14. The van der Waals surface area contributed by atoms with E-state index in [4.69, 9.17) is 5.73 Å². The molecule has 2 atom stereocenters. The zero-order valence-corrected chi connectivity index (χ0v) is 6.97. The van der Waals surface area contributed by atoms with Gasteiger partial charge in [0.25, 0.3) is 0 Å². The summed E-state index contributed by atoms with van der Waals surface area (Å²) in [6.07, 6.45) is 3.16. The van der Waals surface area contributed by atoms with Gasteiger partial charge in [0.2, 0.25) is 5.91 Å². The maximum Gasteiger partial charge on any atom is 0.224 e. The van der Waals surface area contributed by atoms with E-state index in [1.165, 1.54) is 0 Å². The molecule has 1 amide bonds. The summed E-state index contributed by atoms with van der Waals surface area (Å²) in [6, 6.07) is -0.00639. The second kappa shape index (κ2) is 3.72. The van der Waals surface area contributed by atoms with Gasteiger partial charge < -0.3 is 11.1 Å². The second-order valence-corrected chi connectivity index (χ2v) is 3.25. The lowest BCUT2D eigenvalue weighted by molar-refractivity contribution is -0.125. The molecule has 1 aliphatic heterocycles. The van der Waals surface area contributed by atoms with Crippen molar-refractivity contribution in [3.8, 4) is 0 Å². The van der Waals surface area contributed by atoms with Crippen LogP contribution in [0.2, 0.25) is 0 Å². The Morgan fingerprint density at radius 1 is 1.64 bits per heavy atom. The van der Waals surface area contributed by atoms with E-state index in [9.17, 15) is 4.79 Å². The molecule has 0 bridgehead atoms. The van der Waals surface area contributed by atoms with Gasteiger partial charge in [-0.05, 0) is 19.8 Å². The Hall–Kier alpha value is -0.570. The van der Waals surface area contributed by atoms with E-state index >= 15 is 0 Å². The molecular weight excluding hydrogens is 140 g/mol. The molecule has 3 nitrogen and oxygen atoms in total. The van der Waals surface area contributed by atoms with Crippen LogP contribution in [0.15, 0.2) is 0 Å². The van der Waals surface area contributed by atoms with Crippen molar-refractivity contribution in [1.29, 1.82) is 0 Å². The van der Waals surface area contributed by atoms with E-state index in [-0.39, 0.29) is 17.9 Å². The smallest absolute Gasteiger partial charge is 0.224 e. The number of carbonyl (C=O) groups is 1. The summed E-state index contributed by atoms with van der Waals surface area (Å²) in [4.78, 5) is 11.3. The summed E-state index contributed by atoms with van der Waals surface area (Å²) in [5, 5.41) is 2.86. The fourth-order valence-electron chi connectivity index (χ4n) is 1.46. The quantitative estimate of drug-likeness (QED) is 0.571. The minimum atomic E-state index is -0.00639. The Morgan fingerprint density at radius 2 is 2.36 bits per heavy atom. The number of amides is 1. The normalized spacial score (nSPS) is 28.9. The Balaban J connectivity index is 2.52. The van der Waals surface area contributed by atoms with Gasteiger partial charge >= 0.3 is 0 Å². The van der Waals surface area contributed by atoms with Crippen molar-refractivity contribution in [2.75, 3.05) is 6.54 Å². The van der Waals surface area contributed by atoms with E-state index in [0.29, 0.717) is 0 Å². The summed E-state index contributed by atoms with van der Waals surface area (Å²) < 4.78 is 0. The lowest BCUT2D eigenvalue weighted by Gasteiger charge is -2.16. The molecule has 0 radical (unpaired) electrons. The van der Waals surface area contributed by atoms with Crippen LogP contribution >= 0.6 is 0 Å². The zero-order valence-electron chi connectivity index (χ0n) is 6.97. The molecule has 0 aliphatic carbocycles. The number of nitrogens with two attached hydrogens (primary N) is 1. The maximum absolute atomic E-state index is 11.3. The Bertz CT molecular complexity index is 145. The average molecular weight is 156 g/mol. The summed E-state index contributed by atoms with van der Waals surface area (Å²) in [6.45, 7) is 2.72. The molecule has 3 heteroatoms. The SMILES string of the molecule is CC(N)C1CCCCNC1=O. The van der Waals surface area contributed by atoms with E-state index < -0.39 is 0 Å². The van der Waals surface area contributed by atoms with Crippen LogP contribution in [-0.4, -0.2) is 18.5 Å². The molecule has 1 rings (SSSR count). The van der Waals surface area contributed by atoms with E-state index in [2.05, 4.69) is 5.32 Å². The number of rotatable bonds is 1. The molecule has 0 aromatic rings. The highest BCUT2D eigenvalue weighted by molar-refractivity contribution is 5.79. The molecule has 0 aromatic carbocycles. The van der Waals surface area contributed by atoms with Crippen LogP contribution in [0.3, 0.4) is 0 Å². The summed E-state index contributed by atoms with van der Waals surface area (Å²) >= 11 is 0. The first-order chi connectivity index (χ1) is 5.22. The Kier molecular flexibility index (Phi) is 2.88. The van der Waals surface area contributed by atoms with Gasteiger partial charge in [0.15, 0.2) is 0 Å². The van der Waals surface area contributed by atoms with Crippen LogP contribution in [-0.2, 0) is 4.79 Å². The van der Waals surface area contributed by atoms with Crippen molar-refractivity contribution in [2.24, 2.45) is 11.7 Å². The molecule has 0 saturated carbocycles.